The summed E-state index contributed by atoms with van der Waals surface area (Å²) in [6.45, 7) is 11.9. The summed E-state index contributed by atoms with van der Waals surface area (Å²) in [5, 5.41) is 16.6. The zero-order chi connectivity index (χ0) is 20.1. The number of nitrogens with zero attached hydrogens (tertiary/aromatic N) is 2. The fourth-order valence-electron chi connectivity index (χ4n) is 2.20. The van der Waals surface area contributed by atoms with Crippen molar-refractivity contribution < 1.29 is 18.8 Å². The second-order valence-corrected chi connectivity index (χ2v) is 12.8. The fourth-order valence-corrected chi connectivity index (χ4v) is 3.21. The van der Waals surface area contributed by atoms with Gasteiger partial charge in [-0.05, 0) is 42.4 Å². The topological polar surface area (TPSA) is 89.6 Å². The number of hydrogen-bond acceptors (Lipinski definition) is 7. The monoisotopic (exact) mass is 393 g/mol. The summed E-state index contributed by atoms with van der Waals surface area (Å²) in [5.41, 5.74) is 0.844. The van der Waals surface area contributed by atoms with Gasteiger partial charge in [-0.15, -0.1) is 0 Å². The summed E-state index contributed by atoms with van der Waals surface area (Å²) in [5.74, 6) is 1.73. The minimum absolute atomic E-state index is 0.0239. The Morgan fingerprint density at radius 2 is 1.89 bits per heavy atom. The van der Waals surface area contributed by atoms with E-state index in [-0.39, 0.29) is 17.7 Å². The zero-order valence-electron chi connectivity index (χ0n) is 17.1. The van der Waals surface area contributed by atoms with Crippen molar-refractivity contribution in [3.63, 3.8) is 0 Å². The molecule has 1 aromatic carbocycles. The molecule has 0 aliphatic heterocycles. The van der Waals surface area contributed by atoms with E-state index in [0.717, 1.165) is 11.3 Å². The largest absolute Gasteiger partial charge is 0.497 e. The second kappa shape index (κ2) is 8.96. The molecule has 1 heterocycles. The Morgan fingerprint density at radius 1 is 1.22 bits per heavy atom. The van der Waals surface area contributed by atoms with Crippen molar-refractivity contribution in [3.8, 4) is 17.1 Å². The molecule has 8 heteroatoms. The lowest BCUT2D eigenvalue weighted by Gasteiger charge is -2.37. The molecule has 150 valence electrons. The smallest absolute Gasteiger partial charge is 0.246 e. The van der Waals surface area contributed by atoms with Gasteiger partial charge in [-0.3, -0.25) is 0 Å². The maximum absolute atomic E-state index is 9.18. The Kier molecular flexibility index (Phi) is 7.16. The van der Waals surface area contributed by atoms with Crippen LogP contribution in [0.15, 0.2) is 28.8 Å². The lowest BCUT2D eigenvalue weighted by molar-refractivity contribution is 0.202. The molecule has 0 spiro atoms. The Labute approximate surface area is 162 Å². The molecular weight excluding hydrogens is 362 g/mol. The molecule has 1 atom stereocenters. The summed E-state index contributed by atoms with van der Waals surface area (Å²) < 4.78 is 17.0. The molecule has 27 heavy (non-hydrogen) atoms. The van der Waals surface area contributed by atoms with Gasteiger partial charge >= 0.3 is 0 Å². The third kappa shape index (κ3) is 5.62. The number of rotatable bonds is 9. The molecule has 0 aliphatic carbocycles. The Balaban J connectivity index is 2.15. The summed E-state index contributed by atoms with van der Waals surface area (Å²) in [6.07, 6.45) is 0. The summed E-state index contributed by atoms with van der Waals surface area (Å²) in [7, 11) is -0.287. The van der Waals surface area contributed by atoms with Crippen LogP contribution in [-0.4, -0.2) is 50.4 Å². The van der Waals surface area contributed by atoms with Crippen LogP contribution < -0.4 is 10.1 Å². The van der Waals surface area contributed by atoms with E-state index < -0.39 is 8.32 Å². The Hall–Kier alpha value is -1.74. The first-order valence-electron chi connectivity index (χ1n) is 9.14. The predicted molar refractivity (Wildman–Crippen MR) is 107 cm³/mol. The number of benzene rings is 1. The van der Waals surface area contributed by atoms with Crippen LogP contribution in [0.25, 0.3) is 11.4 Å². The lowest BCUT2D eigenvalue weighted by atomic mass is 10.2. The number of aliphatic hydroxyl groups excluding tert-OH is 1. The summed E-state index contributed by atoms with van der Waals surface area (Å²) in [4.78, 5) is 4.52. The SMILES string of the molecule is COc1ccc(-c2noc([C@H](CO[Si](C)(C)C(C)(C)C)NCCO)n2)cc1. The molecule has 0 unspecified atom stereocenters. The van der Waals surface area contributed by atoms with Crippen molar-refractivity contribution in [1.82, 2.24) is 15.5 Å². The molecule has 0 bridgehead atoms. The lowest BCUT2D eigenvalue weighted by Crippen LogP contribution is -2.43. The quantitative estimate of drug-likeness (QED) is 0.631. The highest BCUT2D eigenvalue weighted by Gasteiger charge is 2.38. The van der Waals surface area contributed by atoms with E-state index >= 15 is 0 Å². The van der Waals surface area contributed by atoms with Crippen LogP contribution in [-0.2, 0) is 4.43 Å². The van der Waals surface area contributed by atoms with Crippen LogP contribution in [0.5, 0.6) is 5.75 Å². The third-order valence-corrected chi connectivity index (χ3v) is 9.51. The average molecular weight is 394 g/mol. The van der Waals surface area contributed by atoms with Gasteiger partial charge in [0.2, 0.25) is 11.7 Å². The molecule has 0 fully saturated rings. The molecule has 1 aromatic heterocycles. The molecule has 0 saturated heterocycles. The molecule has 2 aromatic rings. The van der Waals surface area contributed by atoms with Crippen LogP contribution in [0.4, 0.5) is 0 Å². The second-order valence-electron chi connectivity index (χ2n) is 7.99. The highest BCUT2D eigenvalue weighted by atomic mass is 28.4. The number of aliphatic hydroxyl groups is 1. The van der Waals surface area contributed by atoms with Crippen molar-refractivity contribution in [2.75, 3.05) is 26.9 Å². The Morgan fingerprint density at radius 3 is 2.44 bits per heavy atom. The maximum atomic E-state index is 9.18. The number of methoxy groups -OCH3 is 1. The van der Waals surface area contributed by atoms with Crippen LogP contribution in [0.2, 0.25) is 18.1 Å². The first-order valence-corrected chi connectivity index (χ1v) is 12.0. The van der Waals surface area contributed by atoms with Gasteiger partial charge in [0, 0.05) is 12.1 Å². The van der Waals surface area contributed by atoms with Crippen LogP contribution in [0.1, 0.15) is 32.7 Å². The van der Waals surface area contributed by atoms with Crippen molar-refractivity contribution in [2.45, 2.75) is 44.9 Å². The van der Waals surface area contributed by atoms with Crippen LogP contribution >= 0.6 is 0 Å². The Bertz CT molecular complexity index is 710. The van der Waals surface area contributed by atoms with E-state index in [1.165, 1.54) is 0 Å². The van der Waals surface area contributed by atoms with Gasteiger partial charge in [-0.1, -0.05) is 25.9 Å². The van der Waals surface area contributed by atoms with E-state index in [9.17, 15) is 5.11 Å². The average Bonchev–Trinajstić information content (AvgIpc) is 3.11. The van der Waals surface area contributed by atoms with Crippen LogP contribution in [0.3, 0.4) is 0 Å². The first kappa shape index (κ1) is 21.6. The standard InChI is InChI=1S/C19H31N3O4Si/c1-19(2,3)27(5,6)25-13-16(20-11-12-23)18-21-17(22-26-18)14-7-9-15(24-4)10-8-14/h7-10,16,20,23H,11-13H2,1-6H3/t16-/m0/s1. The number of ether oxygens (including phenoxy) is 1. The minimum Gasteiger partial charge on any atom is -0.497 e. The van der Waals surface area contributed by atoms with Gasteiger partial charge in [0.1, 0.15) is 11.8 Å². The van der Waals surface area contributed by atoms with Gasteiger partial charge in [0.15, 0.2) is 8.32 Å². The van der Waals surface area contributed by atoms with Gasteiger partial charge in [-0.25, -0.2) is 0 Å². The van der Waals surface area contributed by atoms with E-state index in [4.69, 9.17) is 13.7 Å². The van der Waals surface area contributed by atoms with E-state index in [0.29, 0.717) is 24.9 Å². The van der Waals surface area contributed by atoms with Crippen molar-refractivity contribution in [1.29, 1.82) is 0 Å². The minimum atomic E-state index is -1.91. The van der Waals surface area contributed by atoms with E-state index in [1.807, 2.05) is 24.3 Å². The molecule has 0 aliphatic rings. The summed E-state index contributed by atoms with van der Waals surface area (Å²) >= 11 is 0. The van der Waals surface area contributed by atoms with Gasteiger partial charge in [0.25, 0.3) is 0 Å². The predicted octanol–water partition coefficient (Wildman–Crippen LogP) is 3.39. The maximum Gasteiger partial charge on any atom is 0.246 e. The van der Waals surface area contributed by atoms with Gasteiger partial charge < -0.3 is 24.1 Å². The van der Waals surface area contributed by atoms with E-state index in [1.54, 1.807) is 7.11 Å². The molecule has 2 rings (SSSR count). The first-order chi connectivity index (χ1) is 12.7. The highest BCUT2D eigenvalue weighted by Crippen LogP contribution is 2.37. The number of aromatic nitrogens is 2. The van der Waals surface area contributed by atoms with Gasteiger partial charge in [-0.2, -0.15) is 4.98 Å². The fraction of sp³-hybridized carbons (Fsp3) is 0.579. The number of hydrogen-bond donors (Lipinski definition) is 2. The van der Waals surface area contributed by atoms with E-state index in [2.05, 4.69) is 49.3 Å². The molecule has 0 radical (unpaired) electrons. The third-order valence-electron chi connectivity index (χ3n) is 5.01. The normalized spacial score (nSPS) is 13.6. The molecule has 7 nitrogen and oxygen atoms in total. The molecule has 0 amide bonds. The van der Waals surface area contributed by atoms with Crippen molar-refractivity contribution in [2.24, 2.45) is 0 Å². The molecule has 0 saturated carbocycles. The van der Waals surface area contributed by atoms with Crippen molar-refractivity contribution in [3.05, 3.63) is 30.2 Å². The molecular formula is C19H31N3O4Si. The highest BCUT2D eigenvalue weighted by molar-refractivity contribution is 6.74. The molecule has 2 N–H and O–H groups in total. The van der Waals surface area contributed by atoms with Crippen LogP contribution in [0, 0.1) is 0 Å². The zero-order valence-corrected chi connectivity index (χ0v) is 18.1. The van der Waals surface area contributed by atoms with Crippen molar-refractivity contribution >= 4 is 8.32 Å². The number of nitrogens with one attached hydrogen (secondary N) is 1. The summed E-state index contributed by atoms with van der Waals surface area (Å²) in [6, 6.07) is 7.21. The van der Waals surface area contributed by atoms with Gasteiger partial charge in [0.05, 0.1) is 20.3 Å².